The van der Waals surface area contributed by atoms with Crippen LogP contribution in [0.25, 0.3) is 11.1 Å². The van der Waals surface area contributed by atoms with E-state index in [1.807, 2.05) is 47.5 Å². The van der Waals surface area contributed by atoms with Gasteiger partial charge in [0.15, 0.2) is 6.30 Å². The van der Waals surface area contributed by atoms with E-state index in [9.17, 15) is 4.79 Å². The molecule has 3 aromatic rings. The summed E-state index contributed by atoms with van der Waals surface area (Å²) in [5.74, 6) is 0.452. The van der Waals surface area contributed by atoms with Crippen molar-refractivity contribution in [1.29, 1.82) is 0 Å². The Morgan fingerprint density at radius 3 is 2.33 bits per heavy atom. The summed E-state index contributed by atoms with van der Waals surface area (Å²) in [6.07, 6.45) is 5.96. The van der Waals surface area contributed by atoms with E-state index in [2.05, 4.69) is 35.8 Å². The van der Waals surface area contributed by atoms with Gasteiger partial charge in [0, 0.05) is 17.7 Å². The van der Waals surface area contributed by atoms with E-state index in [-0.39, 0.29) is 6.23 Å². The lowest BCUT2D eigenvalue weighted by atomic mass is 9.73. The second kappa shape index (κ2) is 10.00. The first-order valence-electron chi connectivity index (χ1n) is 13.0. The third-order valence-corrected chi connectivity index (χ3v) is 7.75. The molecule has 6 rings (SSSR count). The number of allylic oxidation sites excluding steroid dienone is 1. The minimum absolute atomic E-state index is 0.148. The first-order chi connectivity index (χ1) is 17.7. The standard InChI is InChI=1S/C31H31FN2O2/c32-31-26-19-25(16-17-27(26)34(33-31)28-11-4-5-18-36-28)30(24-14-12-21(20-35)13-15-24)29(23-9-6-10-23)22-7-2-1-3-8-22/h1-3,7-8,12-17,19-20,23,28,31,33H,4-6,9-11,18H2/b30-29-. The van der Waals surface area contributed by atoms with Crippen molar-refractivity contribution in [3.05, 3.63) is 101 Å². The van der Waals surface area contributed by atoms with Crippen molar-refractivity contribution in [3.8, 4) is 0 Å². The number of nitrogens with one attached hydrogen (secondary N) is 1. The van der Waals surface area contributed by atoms with Gasteiger partial charge in [-0.15, -0.1) is 0 Å². The minimum atomic E-state index is -1.28. The third-order valence-electron chi connectivity index (χ3n) is 7.75. The first kappa shape index (κ1) is 23.1. The molecule has 5 heteroatoms. The summed E-state index contributed by atoms with van der Waals surface area (Å²) in [4.78, 5) is 11.3. The Balaban J connectivity index is 1.50. The summed E-state index contributed by atoms with van der Waals surface area (Å²) < 4.78 is 21.3. The Labute approximate surface area is 211 Å². The maximum Gasteiger partial charge on any atom is 0.195 e. The molecule has 0 radical (unpaired) electrons. The quantitative estimate of drug-likeness (QED) is 0.232. The van der Waals surface area contributed by atoms with Crippen LogP contribution in [0.15, 0.2) is 72.8 Å². The maximum absolute atomic E-state index is 15.4. The summed E-state index contributed by atoms with van der Waals surface area (Å²) in [6, 6.07) is 24.4. The number of hydrogen-bond donors (Lipinski definition) is 1. The molecule has 36 heavy (non-hydrogen) atoms. The molecule has 1 saturated heterocycles. The zero-order valence-corrected chi connectivity index (χ0v) is 20.3. The fraction of sp³-hybridized carbons (Fsp3) is 0.323. The molecular weight excluding hydrogens is 451 g/mol. The van der Waals surface area contributed by atoms with Crippen LogP contribution in [0.2, 0.25) is 0 Å². The van der Waals surface area contributed by atoms with Crippen molar-refractivity contribution in [3.63, 3.8) is 0 Å². The molecular formula is C31H31FN2O2. The van der Waals surface area contributed by atoms with Crippen molar-refractivity contribution in [1.82, 2.24) is 5.43 Å². The monoisotopic (exact) mass is 482 g/mol. The molecule has 184 valence electrons. The van der Waals surface area contributed by atoms with Gasteiger partial charge in [0.05, 0.1) is 5.69 Å². The van der Waals surface area contributed by atoms with Crippen LogP contribution in [-0.4, -0.2) is 19.1 Å². The van der Waals surface area contributed by atoms with Gasteiger partial charge in [0.1, 0.15) is 12.5 Å². The Kier molecular flexibility index (Phi) is 6.43. The van der Waals surface area contributed by atoms with Gasteiger partial charge < -0.3 is 4.74 Å². The molecule has 2 aliphatic heterocycles. The van der Waals surface area contributed by atoms with Crippen molar-refractivity contribution in [2.75, 3.05) is 11.6 Å². The number of benzene rings is 3. The van der Waals surface area contributed by atoms with Gasteiger partial charge in [-0.3, -0.25) is 9.80 Å². The molecule has 0 amide bonds. The van der Waals surface area contributed by atoms with Gasteiger partial charge in [-0.25, -0.2) is 4.39 Å². The highest BCUT2D eigenvalue weighted by molar-refractivity contribution is 6.00. The predicted octanol–water partition coefficient (Wildman–Crippen LogP) is 7.08. The van der Waals surface area contributed by atoms with E-state index in [0.29, 0.717) is 23.7 Å². The van der Waals surface area contributed by atoms with Crippen LogP contribution >= 0.6 is 0 Å². The predicted molar refractivity (Wildman–Crippen MR) is 141 cm³/mol. The van der Waals surface area contributed by atoms with Gasteiger partial charge >= 0.3 is 0 Å². The lowest BCUT2D eigenvalue weighted by molar-refractivity contribution is 0.00520. The van der Waals surface area contributed by atoms with E-state index in [1.165, 1.54) is 17.6 Å². The summed E-state index contributed by atoms with van der Waals surface area (Å²) >= 11 is 0. The fourth-order valence-corrected chi connectivity index (χ4v) is 5.66. The number of alkyl halides is 1. The molecule has 3 aromatic carbocycles. The molecule has 0 spiro atoms. The zero-order valence-electron chi connectivity index (χ0n) is 20.3. The minimum Gasteiger partial charge on any atom is -0.357 e. The number of aldehydes is 1. The SMILES string of the molecule is O=Cc1ccc(/C(=C(\c2ccccc2)C2CCC2)c2ccc3c(c2)C(F)NN3C2CCCCO2)cc1. The molecule has 1 N–H and O–H groups in total. The molecule has 4 nitrogen and oxygen atoms in total. The van der Waals surface area contributed by atoms with Crippen molar-refractivity contribution in [2.45, 2.75) is 51.0 Å². The number of halogens is 1. The van der Waals surface area contributed by atoms with Gasteiger partial charge in [0.25, 0.3) is 0 Å². The number of ether oxygens (including phenoxy) is 1. The highest BCUT2D eigenvalue weighted by atomic mass is 19.1. The Hall–Kier alpha value is -3.28. The summed E-state index contributed by atoms with van der Waals surface area (Å²) in [6.45, 7) is 0.707. The fourth-order valence-electron chi connectivity index (χ4n) is 5.66. The average Bonchev–Trinajstić information content (AvgIpc) is 3.24. The lowest BCUT2D eigenvalue weighted by Crippen LogP contribution is -2.45. The van der Waals surface area contributed by atoms with E-state index >= 15 is 4.39 Å². The molecule has 1 aliphatic carbocycles. The molecule has 3 aliphatic rings. The van der Waals surface area contributed by atoms with Crippen LogP contribution in [0.1, 0.15) is 77.4 Å². The maximum atomic E-state index is 15.4. The zero-order chi connectivity index (χ0) is 24.5. The number of hydrogen-bond acceptors (Lipinski definition) is 4. The van der Waals surface area contributed by atoms with Gasteiger partial charge in [-0.2, -0.15) is 5.43 Å². The number of carbonyl (C=O) groups excluding carboxylic acids is 1. The Bertz CT molecular complexity index is 1260. The Morgan fingerprint density at radius 2 is 1.67 bits per heavy atom. The number of hydrazine groups is 1. The molecule has 2 unspecified atom stereocenters. The molecule has 2 atom stereocenters. The van der Waals surface area contributed by atoms with Gasteiger partial charge in [0.2, 0.25) is 0 Å². The van der Waals surface area contributed by atoms with Crippen molar-refractivity contribution >= 4 is 23.1 Å². The number of fused-ring (bicyclic) bond motifs is 1. The van der Waals surface area contributed by atoms with Gasteiger partial charge in [-0.05, 0) is 78.0 Å². The molecule has 0 aromatic heterocycles. The number of anilines is 1. The normalized spacial score (nSPS) is 22.5. The molecule has 2 heterocycles. The number of nitrogens with zero attached hydrogens (tertiary/aromatic N) is 1. The first-order valence-corrected chi connectivity index (χ1v) is 13.0. The van der Waals surface area contributed by atoms with Crippen LogP contribution in [-0.2, 0) is 4.74 Å². The van der Waals surface area contributed by atoms with Crippen molar-refractivity contribution in [2.24, 2.45) is 5.92 Å². The van der Waals surface area contributed by atoms with Crippen molar-refractivity contribution < 1.29 is 13.9 Å². The third kappa shape index (κ3) is 4.27. The summed E-state index contributed by atoms with van der Waals surface area (Å²) in [7, 11) is 0. The van der Waals surface area contributed by atoms with E-state index in [1.54, 1.807) is 0 Å². The molecule has 2 fully saturated rings. The average molecular weight is 483 g/mol. The van der Waals surface area contributed by atoms with Crippen LogP contribution < -0.4 is 10.4 Å². The van der Waals surface area contributed by atoms with Crippen LogP contribution in [0.3, 0.4) is 0 Å². The van der Waals surface area contributed by atoms with Crippen LogP contribution in [0, 0.1) is 5.92 Å². The lowest BCUT2D eigenvalue weighted by Gasteiger charge is -2.33. The van der Waals surface area contributed by atoms with Gasteiger partial charge in [-0.1, -0.05) is 67.1 Å². The smallest absolute Gasteiger partial charge is 0.195 e. The Morgan fingerprint density at radius 1 is 0.889 bits per heavy atom. The number of rotatable bonds is 6. The topological polar surface area (TPSA) is 41.6 Å². The highest BCUT2D eigenvalue weighted by Gasteiger charge is 2.35. The summed E-state index contributed by atoms with van der Waals surface area (Å²) in [5, 5.41) is 1.87. The molecule has 0 bridgehead atoms. The van der Waals surface area contributed by atoms with E-state index in [4.69, 9.17) is 4.74 Å². The summed E-state index contributed by atoms with van der Waals surface area (Å²) in [5.41, 5.74) is 10.8. The number of carbonyl (C=O) groups is 1. The van der Waals surface area contributed by atoms with E-state index < -0.39 is 6.30 Å². The largest absolute Gasteiger partial charge is 0.357 e. The van der Waals surface area contributed by atoms with Crippen LogP contribution in [0.4, 0.5) is 10.1 Å². The van der Waals surface area contributed by atoms with Crippen LogP contribution in [0.5, 0.6) is 0 Å². The van der Waals surface area contributed by atoms with E-state index in [0.717, 1.165) is 60.8 Å². The highest BCUT2D eigenvalue weighted by Crippen LogP contribution is 2.46. The second-order valence-electron chi connectivity index (χ2n) is 9.98. The second-order valence-corrected chi connectivity index (χ2v) is 9.98. The molecule has 1 saturated carbocycles.